The second kappa shape index (κ2) is 8.66. The van der Waals surface area contributed by atoms with Crippen molar-refractivity contribution in [2.45, 2.75) is 19.0 Å². The Hall–Kier alpha value is -2.85. The highest BCUT2D eigenvalue weighted by molar-refractivity contribution is 5.99. The quantitative estimate of drug-likeness (QED) is 0.247. The number of Topliss-reactive ketones (excluding diaryl/α,β-unsaturated/α-hetero) is 1. The molecule has 158 valence electrons. The molecule has 0 radical (unpaired) electrons. The highest BCUT2D eigenvalue weighted by Crippen LogP contribution is 2.24. The number of hydrogen-bond donors (Lipinski definition) is 0. The van der Waals surface area contributed by atoms with E-state index < -0.39 is 59.6 Å². The van der Waals surface area contributed by atoms with Gasteiger partial charge in [0.1, 0.15) is 11.6 Å². The third-order valence-corrected chi connectivity index (χ3v) is 4.25. The molecule has 0 unspecified atom stereocenters. The fourth-order valence-electron chi connectivity index (χ4n) is 2.89. The van der Waals surface area contributed by atoms with Gasteiger partial charge in [0.15, 0.2) is 11.6 Å². The molecular formula is C18H17F6N3O2. The summed E-state index contributed by atoms with van der Waals surface area (Å²) in [5.41, 5.74) is -0.425. The number of halogens is 6. The zero-order valence-electron chi connectivity index (χ0n) is 15.3. The zero-order valence-corrected chi connectivity index (χ0v) is 15.3. The van der Waals surface area contributed by atoms with Gasteiger partial charge in [0.2, 0.25) is 11.7 Å². The molecule has 0 atom stereocenters. The maximum atomic E-state index is 13.6. The molecule has 0 aromatic heterocycles. The lowest BCUT2D eigenvalue weighted by Crippen LogP contribution is -2.52. The number of piperazine rings is 1. The lowest BCUT2D eigenvalue weighted by molar-refractivity contribution is -0.135. The number of carbonyl (C=O) groups is 2. The largest absolute Gasteiger partial charge is 0.449 e. The molecule has 0 N–H and O–H groups in total. The van der Waals surface area contributed by atoms with Crippen LogP contribution in [0.1, 0.15) is 12.0 Å². The zero-order chi connectivity index (χ0) is 21.9. The van der Waals surface area contributed by atoms with Crippen molar-refractivity contribution in [3.05, 3.63) is 47.4 Å². The van der Waals surface area contributed by atoms with Crippen LogP contribution in [0.25, 0.3) is 0 Å². The summed E-state index contributed by atoms with van der Waals surface area (Å²) in [5, 5.41) is 0. The van der Waals surface area contributed by atoms with Gasteiger partial charge in [0.05, 0.1) is 13.0 Å². The highest BCUT2D eigenvalue weighted by Gasteiger charge is 2.41. The fraction of sp³-hybridized carbons (Fsp3) is 0.389. The molecule has 1 aliphatic rings. The third kappa shape index (κ3) is 5.36. The van der Waals surface area contributed by atoms with Crippen LogP contribution in [-0.2, 0) is 16.0 Å². The normalized spacial score (nSPS) is 15.7. The van der Waals surface area contributed by atoms with Crippen LogP contribution in [-0.4, -0.2) is 60.2 Å². The average molecular weight is 421 g/mol. The monoisotopic (exact) mass is 421 g/mol. The molecular weight excluding hydrogens is 404 g/mol. The van der Waals surface area contributed by atoms with Crippen LogP contribution < -0.4 is 0 Å². The Bertz CT molecular complexity index is 866. The maximum Gasteiger partial charge on any atom is 0.449 e. The first-order valence-electron chi connectivity index (χ1n) is 8.36. The Morgan fingerprint density at radius 3 is 2.28 bits per heavy atom. The number of amides is 1. The summed E-state index contributed by atoms with van der Waals surface area (Å²) in [4.78, 5) is 29.5. The smallest absolute Gasteiger partial charge is 0.335 e. The van der Waals surface area contributed by atoms with E-state index in [1.54, 1.807) is 0 Å². The topological polar surface area (TPSA) is 53.0 Å². The van der Waals surface area contributed by atoms with Gasteiger partial charge in [-0.2, -0.15) is 13.2 Å². The summed E-state index contributed by atoms with van der Waals surface area (Å²) in [5.74, 6) is -6.43. The Morgan fingerprint density at radius 2 is 1.72 bits per heavy atom. The lowest BCUT2D eigenvalue weighted by Gasteiger charge is -2.38. The van der Waals surface area contributed by atoms with Gasteiger partial charge in [0.25, 0.3) is 0 Å². The highest BCUT2D eigenvalue weighted by atomic mass is 19.4. The number of rotatable bonds is 4. The molecule has 1 amide bonds. The maximum absolute atomic E-state index is 13.6. The second-order valence-corrected chi connectivity index (χ2v) is 6.33. The van der Waals surface area contributed by atoms with Gasteiger partial charge in [-0.3, -0.25) is 14.6 Å². The van der Waals surface area contributed by atoms with Gasteiger partial charge in [-0.1, -0.05) is 6.58 Å². The van der Waals surface area contributed by atoms with Crippen LogP contribution in [0.4, 0.5) is 26.3 Å². The number of amidine groups is 1. The van der Waals surface area contributed by atoms with Crippen molar-refractivity contribution in [2.75, 3.05) is 26.7 Å². The summed E-state index contributed by atoms with van der Waals surface area (Å²) < 4.78 is 78.7. The number of benzene rings is 1. The lowest BCUT2D eigenvalue weighted by atomic mass is 10.1. The Kier molecular flexibility index (Phi) is 6.70. The van der Waals surface area contributed by atoms with Gasteiger partial charge in [-0.05, 0) is 11.6 Å². The van der Waals surface area contributed by atoms with E-state index in [4.69, 9.17) is 0 Å². The number of carbonyl (C=O) groups excluding carboxylic acids is 2. The first kappa shape index (κ1) is 22.4. The molecule has 1 saturated heterocycles. The van der Waals surface area contributed by atoms with Gasteiger partial charge < -0.3 is 9.80 Å². The SMILES string of the molecule is C=C1CN(C(=O)CC(=O)Cc2cc(F)c(F)cc2F)CCN1/C(=N\C)C(F)(F)F. The molecule has 1 fully saturated rings. The van der Waals surface area contributed by atoms with E-state index in [9.17, 15) is 35.9 Å². The fourth-order valence-corrected chi connectivity index (χ4v) is 2.89. The van der Waals surface area contributed by atoms with Crippen LogP contribution in [0.2, 0.25) is 0 Å². The molecule has 11 heteroatoms. The molecule has 0 saturated carbocycles. The molecule has 1 heterocycles. The van der Waals surface area contributed by atoms with Crippen molar-refractivity contribution in [3.63, 3.8) is 0 Å². The predicted molar refractivity (Wildman–Crippen MR) is 91.5 cm³/mol. The molecule has 0 bridgehead atoms. The Morgan fingerprint density at radius 1 is 1.10 bits per heavy atom. The number of aliphatic imine (C=N–C) groups is 1. The molecule has 29 heavy (non-hydrogen) atoms. The van der Waals surface area contributed by atoms with Crippen LogP contribution in [0.5, 0.6) is 0 Å². The molecule has 0 aliphatic carbocycles. The van der Waals surface area contributed by atoms with Gasteiger partial charge in [-0.25, -0.2) is 13.2 Å². The molecule has 5 nitrogen and oxygen atoms in total. The summed E-state index contributed by atoms with van der Waals surface area (Å²) in [7, 11) is 0.990. The Balaban J connectivity index is 1.98. The minimum atomic E-state index is -4.69. The van der Waals surface area contributed by atoms with E-state index >= 15 is 0 Å². The number of alkyl halides is 3. The summed E-state index contributed by atoms with van der Waals surface area (Å²) >= 11 is 0. The first-order chi connectivity index (χ1) is 13.4. The van der Waals surface area contributed by atoms with Gasteiger partial charge in [-0.15, -0.1) is 0 Å². The minimum Gasteiger partial charge on any atom is -0.335 e. The summed E-state index contributed by atoms with van der Waals surface area (Å²) in [6.07, 6.45) is -5.98. The van der Waals surface area contributed by atoms with Crippen LogP contribution >= 0.6 is 0 Å². The predicted octanol–water partition coefficient (Wildman–Crippen LogP) is 2.85. The molecule has 1 aliphatic heterocycles. The third-order valence-electron chi connectivity index (χ3n) is 4.25. The summed E-state index contributed by atoms with van der Waals surface area (Å²) in [6, 6.07) is 0.840. The molecule has 0 spiro atoms. The van der Waals surface area contributed by atoms with Crippen molar-refractivity contribution < 1.29 is 35.9 Å². The van der Waals surface area contributed by atoms with E-state index in [-0.39, 0.29) is 25.3 Å². The van der Waals surface area contributed by atoms with E-state index in [1.165, 1.54) is 0 Å². The molecule has 1 aromatic carbocycles. The van der Waals surface area contributed by atoms with Crippen molar-refractivity contribution in [1.82, 2.24) is 9.80 Å². The minimum absolute atomic E-state index is 0.0263. The van der Waals surface area contributed by atoms with Crippen LogP contribution in [0.3, 0.4) is 0 Å². The average Bonchev–Trinajstić information content (AvgIpc) is 2.60. The number of ketones is 1. The van der Waals surface area contributed by atoms with Crippen molar-refractivity contribution >= 4 is 17.5 Å². The number of hydrogen-bond acceptors (Lipinski definition) is 3. The standard InChI is InChI=1S/C18H17F6N3O2/c1-10-9-26(3-4-27(10)17(25-2)18(22,23)24)16(29)7-12(28)5-11-6-14(20)15(21)8-13(11)19/h6,8H,1,3-5,7,9H2,2H3/b25-17-. The first-order valence-corrected chi connectivity index (χ1v) is 8.36. The van der Waals surface area contributed by atoms with Crippen molar-refractivity contribution in [1.29, 1.82) is 0 Å². The molecule has 2 rings (SSSR count). The Labute approximate surface area is 162 Å². The van der Waals surface area contributed by atoms with E-state index in [0.29, 0.717) is 12.1 Å². The van der Waals surface area contributed by atoms with Gasteiger partial charge in [0, 0.05) is 38.3 Å². The van der Waals surface area contributed by atoms with Crippen LogP contribution in [0.15, 0.2) is 29.4 Å². The van der Waals surface area contributed by atoms with Gasteiger partial charge >= 0.3 is 6.18 Å². The summed E-state index contributed by atoms with van der Waals surface area (Å²) in [6.45, 7) is 2.95. The van der Waals surface area contributed by atoms with Crippen molar-refractivity contribution in [3.8, 4) is 0 Å². The second-order valence-electron chi connectivity index (χ2n) is 6.33. The van der Waals surface area contributed by atoms with E-state index in [0.717, 1.165) is 16.8 Å². The molecule has 1 aromatic rings. The van der Waals surface area contributed by atoms with Crippen molar-refractivity contribution in [2.24, 2.45) is 4.99 Å². The van der Waals surface area contributed by atoms with Crippen LogP contribution in [0, 0.1) is 17.5 Å². The van der Waals surface area contributed by atoms with E-state index in [1.807, 2.05) is 0 Å². The number of nitrogens with zero attached hydrogens (tertiary/aromatic N) is 3. The van der Waals surface area contributed by atoms with E-state index in [2.05, 4.69) is 11.6 Å².